The molecule has 0 aliphatic rings. The Morgan fingerprint density at radius 1 is 0.862 bits per heavy atom. The largest absolute Gasteiger partial charge is 0.368 e. The molecule has 0 aliphatic heterocycles. The van der Waals surface area contributed by atoms with E-state index in [-0.39, 0.29) is 13.0 Å². The predicted molar refractivity (Wildman–Crippen MR) is 108 cm³/mol. The second kappa shape index (κ2) is 11.2. The summed E-state index contributed by atoms with van der Waals surface area (Å²) >= 11 is 0. The van der Waals surface area contributed by atoms with Crippen molar-refractivity contribution in [3.05, 3.63) is 71.8 Å². The van der Waals surface area contributed by atoms with Crippen LogP contribution in [0.4, 0.5) is 4.79 Å². The van der Waals surface area contributed by atoms with Crippen molar-refractivity contribution in [1.82, 2.24) is 16.0 Å². The lowest BCUT2D eigenvalue weighted by Crippen LogP contribution is -2.54. The van der Waals surface area contributed by atoms with Gasteiger partial charge in [-0.2, -0.15) is 0 Å². The van der Waals surface area contributed by atoms with Gasteiger partial charge in [0.25, 0.3) is 0 Å². The molecule has 5 N–H and O–H groups in total. The molecular formula is C21H24N4O4. The van der Waals surface area contributed by atoms with E-state index in [9.17, 15) is 19.2 Å². The number of hydrogen-bond acceptors (Lipinski definition) is 4. The van der Waals surface area contributed by atoms with Gasteiger partial charge >= 0.3 is 6.03 Å². The summed E-state index contributed by atoms with van der Waals surface area (Å²) in [6.45, 7) is -0.351. The van der Waals surface area contributed by atoms with Crippen molar-refractivity contribution in [3.8, 4) is 0 Å². The molecule has 2 atom stereocenters. The van der Waals surface area contributed by atoms with Crippen LogP contribution in [0.15, 0.2) is 60.7 Å². The highest BCUT2D eigenvalue weighted by molar-refractivity contribution is 5.90. The Kier molecular flexibility index (Phi) is 8.37. The van der Waals surface area contributed by atoms with Gasteiger partial charge in [-0.05, 0) is 17.5 Å². The van der Waals surface area contributed by atoms with Crippen LogP contribution in [0.25, 0.3) is 0 Å². The van der Waals surface area contributed by atoms with Crippen LogP contribution in [0.5, 0.6) is 0 Å². The minimum absolute atomic E-state index is 0.216. The lowest BCUT2D eigenvalue weighted by molar-refractivity contribution is -0.125. The first-order valence-electron chi connectivity index (χ1n) is 9.14. The van der Waals surface area contributed by atoms with E-state index in [4.69, 9.17) is 5.73 Å². The number of hydrogen-bond donors (Lipinski definition) is 4. The Balaban J connectivity index is 2.06. The number of carbonyl (C=O) groups is 4. The van der Waals surface area contributed by atoms with Crippen molar-refractivity contribution >= 4 is 24.1 Å². The van der Waals surface area contributed by atoms with Crippen LogP contribution in [-0.2, 0) is 27.2 Å². The smallest absolute Gasteiger partial charge is 0.315 e. The summed E-state index contributed by atoms with van der Waals surface area (Å²) in [5.41, 5.74) is 6.74. The van der Waals surface area contributed by atoms with Gasteiger partial charge in [-0.15, -0.1) is 0 Å². The zero-order valence-electron chi connectivity index (χ0n) is 15.8. The topological polar surface area (TPSA) is 130 Å². The van der Waals surface area contributed by atoms with Gasteiger partial charge in [-0.1, -0.05) is 60.7 Å². The maximum absolute atomic E-state index is 12.8. The second-order valence-corrected chi connectivity index (χ2v) is 6.48. The van der Waals surface area contributed by atoms with Gasteiger partial charge < -0.3 is 26.5 Å². The number of carbonyl (C=O) groups excluding carboxylic acids is 4. The molecule has 0 heterocycles. The number of primary amides is 1. The van der Waals surface area contributed by atoms with E-state index in [1.54, 1.807) is 0 Å². The minimum Gasteiger partial charge on any atom is -0.368 e. The summed E-state index contributed by atoms with van der Waals surface area (Å²) in [6, 6.07) is 16.0. The maximum atomic E-state index is 12.8. The Morgan fingerprint density at radius 2 is 1.41 bits per heavy atom. The van der Waals surface area contributed by atoms with Gasteiger partial charge in [0.05, 0.1) is 12.6 Å². The van der Waals surface area contributed by atoms with Crippen molar-refractivity contribution in [3.63, 3.8) is 0 Å². The van der Waals surface area contributed by atoms with Crippen LogP contribution < -0.4 is 21.7 Å². The normalized spacial score (nSPS) is 12.3. The fourth-order valence-electron chi connectivity index (χ4n) is 2.72. The van der Waals surface area contributed by atoms with Gasteiger partial charge in [-0.3, -0.25) is 9.59 Å². The quantitative estimate of drug-likeness (QED) is 0.431. The minimum atomic E-state index is -0.941. The second-order valence-electron chi connectivity index (χ2n) is 6.48. The molecule has 0 spiro atoms. The molecular weight excluding hydrogens is 372 g/mol. The molecule has 0 radical (unpaired) electrons. The Labute approximate surface area is 168 Å². The molecule has 29 heavy (non-hydrogen) atoms. The molecule has 4 amide bonds. The summed E-state index contributed by atoms with van der Waals surface area (Å²) in [7, 11) is 0. The molecule has 0 bridgehead atoms. The number of nitrogens with one attached hydrogen (secondary N) is 3. The molecule has 0 saturated carbocycles. The van der Waals surface area contributed by atoms with Crippen LogP contribution in [0.3, 0.4) is 0 Å². The van der Waals surface area contributed by atoms with E-state index in [1.807, 2.05) is 60.7 Å². The molecule has 8 heteroatoms. The number of benzene rings is 2. The average molecular weight is 396 g/mol. The van der Waals surface area contributed by atoms with Gasteiger partial charge in [0, 0.05) is 6.42 Å². The first-order chi connectivity index (χ1) is 14.0. The molecule has 1 unspecified atom stereocenters. The van der Waals surface area contributed by atoms with Crippen LogP contribution in [0.1, 0.15) is 11.1 Å². The highest BCUT2D eigenvalue weighted by Gasteiger charge is 2.24. The third-order valence-electron chi connectivity index (χ3n) is 4.12. The third kappa shape index (κ3) is 7.84. The standard InChI is InChI=1S/C21H24N4O4/c22-19(27)13-23-21(29)25-18(12-16-9-5-2-6-10-16)20(28)24-17(14-26)11-15-7-3-1-4-8-15/h1-10,14,17-18H,11-13H2,(H2,22,27)(H,24,28)(H2,23,25,29)/t17-,18?/m0/s1. The SMILES string of the molecule is NC(=O)CNC(=O)NC(Cc1ccccc1)C(=O)N[C@H](C=O)Cc1ccccc1. The lowest BCUT2D eigenvalue weighted by atomic mass is 10.0. The molecule has 2 aromatic rings. The number of nitrogens with two attached hydrogens (primary N) is 1. The zero-order chi connectivity index (χ0) is 21.1. The highest BCUT2D eigenvalue weighted by Crippen LogP contribution is 2.06. The van der Waals surface area contributed by atoms with Crippen LogP contribution >= 0.6 is 0 Å². The summed E-state index contributed by atoms with van der Waals surface area (Å²) in [4.78, 5) is 47.1. The monoisotopic (exact) mass is 396 g/mol. The predicted octanol–water partition coefficient (Wildman–Crippen LogP) is 0.309. The van der Waals surface area contributed by atoms with E-state index in [2.05, 4.69) is 16.0 Å². The molecule has 0 saturated heterocycles. The van der Waals surface area contributed by atoms with Crippen LogP contribution in [0, 0.1) is 0 Å². The van der Waals surface area contributed by atoms with E-state index in [0.29, 0.717) is 12.7 Å². The fraction of sp³-hybridized carbons (Fsp3) is 0.238. The Morgan fingerprint density at radius 3 is 1.93 bits per heavy atom. The molecule has 0 fully saturated rings. The van der Waals surface area contributed by atoms with E-state index < -0.39 is 29.9 Å². The number of amides is 4. The fourth-order valence-corrected chi connectivity index (χ4v) is 2.72. The first kappa shape index (κ1) is 21.6. The van der Waals surface area contributed by atoms with Crippen LogP contribution in [-0.4, -0.2) is 42.8 Å². The van der Waals surface area contributed by atoms with Crippen molar-refractivity contribution in [2.24, 2.45) is 5.73 Å². The average Bonchev–Trinajstić information content (AvgIpc) is 2.72. The van der Waals surface area contributed by atoms with E-state index in [0.717, 1.165) is 11.1 Å². The number of urea groups is 1. The van der Waals surface area contributed by atoms with Crippen LogP contribution in [0.2, 0.25) is 0 Å². The van der Waals surface area contributed by atoms with E-state index in [1.165, 1.54) is 0 Å². The van der Waals surface area contributed by atoms with Gasteiger partial charge in [0.1, 0.15) is 12.3 Å². The Hall–Kier alpha value is -3.68. The number of rotatable bonds is 10. The summed E-state index contributed by atoms with van der Waals surface area (Å²) in [5, 5.41) is 7.48. The lowest BCUT2D eigenvalue weighted by Gasteiger charge is -2.21. The molecule has 0 aromatic heterocycles. The molecule has 8 nitrogen and oxygen atoms in total. The summed E-state index contributed by atoms with van der Waals surface area (Å²) in [5.74, 6) is -1.20. The molecule has 2 aromatic carbocycles. The van der Waals surface area contributed by atoms with Crippen molar-refractivity contribution in [2.45, 2.75) is 24.9 Å². The highest BCUT2D eigenvalue weighted by atomic mass is 16.2. The van der Waals surface area contributed by atoms with Crippen molar-refractivity contribution in [2.75, 3.05) is 6.54 Å². The first-order valence-corrected chi connectivity index (χ1v) is 9.14. The zero-order valence-corrected chi connectivity index (χ0v) is 15.8. The van der Waals surface area contributed by atoms with E-state index >= 15 is 0 Å². The molecule has 2 rings (SSSR count). The van der Waals surface area contributed by atoms with Gasteiger partial charge in [-0.25, -0.2) is 4.79 Å². The molecule has 152 valence electrons. The van der Waals surface area contributed by atoms with Crippen molar-refractivity contribution < 1.29 is 19.2 Å². The molecule has 0 aliphatic carbocycles. The third-order valence-corrected chi connectivity index (χ3v) is 4.12. The van der Waals surface area contributed by atoms with Gasteiger partial charge in [0.2, 0.25) is 11.8 Å². The number of aldehydes is 1. The maximum Gasteiger partial charge on any atom is 0.315 e. The van der Waals surface area contributed by atoms with Gasteiger partial charge in [0.15, 0.2) is 0 Å². The Bertz CT molecular complexity index is 827. The van der Waals surface area contributed by atoms with Crippen molar-refractivity contribution in [1.29, 1.82) is 0 Å². The summed E-state index contributed by atoms with van der Waals surface area (Å²) < 4.78 is 0. The summed E-state index contributed by atoms with van der Waals surface area (Å²) in [6.07, 6.45) is 1.22.